The Morgan fingerprint density at radius 1 is 0.741 bits per heavy atom. The van der Waals surface area contributed by atoms with Crippen molar-refractivity contribution in [3.05, 3.63) is 130 Å². The molecule has 1 aliphatic carbocycles. The van der Waals surface area contributed by atoms with E-state index < -0.39 is 6.10 Å². The SMILES string of the molecule is CC(C)=C1/C(=C\C(O)c2ccccc2)C1(c1ccccc1)c1ccccc1. The van der Waals surface area contributed by atoms with E-state index in [1.807, 2.05) is 36.4 Å². The van der Waals surface area contributed by atoms with Gasteiger partial charge in [0.05, 0.1) is 11.5 Å². The lowest BCUT2D eigenvalue weighted by atomic mass is 9.85. The number of benzene rings is 3. The van der Waals surface area contributed by atoms with Crippen molar-refractivity contribution < 1.29 is 5.11 Å². The molecule has 0 amide bonds. The fourth-order valence-electron chi connectivity index (χ4n) is 4.20. The van der Waals surface area contributed by atoms with E-state index in [4.69, 9.17) is 0 Å². The van der Waals surface area contributed by atoms with Gasteiger partial charge in [-0.1, -0.05) is 96.6 Å². The summed E-state index contributed by atoms with van der Waals surface area (Å²) in [7, 11) is 0. The van der Waals surface area contributed by atoms with Gasteiger partial charge in [0.15, 0.2) is 0 Å². The van der Waals surface area contributed by atoms with Crippen LogP contribution in [0.1, 0.15) is 36.6 Å². The molecule has 0 heterocycles. The Morgan fingerprint density at radius 3 is 1.63 bits per heavy atom. The summed E-state index contributed by atoms with van der Waals surface area (Å²) < 4.78 is 0. The van der Waals surface area contributed by atoms with Crippen LogP contribution < -0.4 is 0 Å². The molecule has 0 spiro atoms. The molecule has 1 fully saturated rings. The van der Waals surface area contributed by atoms with Crippen LogP contribution in [-0.2, 0) is 5.41 Å². The smallest absolute Gasteiger partial charge is 0.0978 e. The first kappa shape index (κ1) is 17.5. The molecule has 3 aromatic rings. The maximum Gasteiger partial charge on any atom is 0.0978 e. The summed E-state index contributed by atoms with van der Waals surface area (Å²) in [5.41, 5.74) is 6.95. The van der Waals surface area contributed by atoms with Crippen LogP contribution in [0.15, 0.2) is 114 Å². The molecule has 27 heavy (non-hydrogen) atoms. The van der Waals surface area contributed by atoms with Crippen molar-refractivity contribution in [3.8, 4) is 0 Å². The molecule has 4 rings (SSSR count). The largest absolute Gasteiger partial charge is 0.384 e. The fourth-order valence-corrected chi connectivity index (χ4v) is 4.20. The van der Waals surface area contributed by atoms with Crippen LogP contribution in [-0.4, -0.2) is 5.11 Å². The molecule has 134 valence electrons. The molecular weight excluding hydrogens is 328 g/mol. The summed E-state index contributed by atoms with van der Waals surface area (Å²) in [6.07, 6.45) is 1.40. The first-order valence-corrected chi connectivity index (χ1v) is 9.40. The minimum atomic E-state index is -0.621. The second-order valence-corrected chi connectivity index (χ2v) is 7.29. The lowest BCUT2D eigenvalue weighted by Crippen LogP contribution is -2.10. The van der Waals surface area contributed by atoms with Crippen molar-refractivity contribution in [2.75, 3.05) is 0 Å². The highest BCUT2D eigenvalue weighted by atomic mass is 16.3. The maximum atomic E-state index is 10.9. The van der Waals surface area contributed by atoms with E-state index in [2.05, 4.69) is 74.5 Å². The first-order valence-electron chi connectivity index (χ1n) is 9.40. The van der Waals surface area contributed by atoms with Crippen molar-refractivity contribution >= 4 is 0 Å². The lowest BCUT2D eigenvalue weighted by Gasteiger charge is -2.17. The van der Waals surface area contributed by atoms with Gasteiger partial charge in [-0.05, 0) is 47.8 Å². The van der Waals surface area contributed by atoms with E-state index in [0.29, 0.717) is 0 Å². The molecule has 0 radical (unpaired) electrons. The second-order valence-electron chi connectivity index (χ2n) is 7.29. The standard InChI is InChI=1S/C26H24O/c1-19(2)25-23(18-24(27)20-12-6-3-7-13-20)26(25,21-14-8-4-9-15-21)22-16-10-5-11-17-22/h3-18,24,27H,1-2H3/b23-18+. The first-order chi connectivity index (χ1) is 13.2. The summed E-state index contributed by atoms with van der Waals surface area (Å²) in [6.45, 7) is 4.32. The van der Waals surface area contributed by atoms with Gasteiger partial charge in [-0.2, -0.15) is 0 Å². The lowest BCUT2D eigenvalue weighted by molar-refractivity contribution is 0.228. The predicted molar refractivity (Wildman–Crippen MR) is 112 cm³/mol. The molecule has 0 bridgehead atoms. The second kappa shape index (κ2) is 7.02. The van der Waals surface area contributed by atoms with Crippen molar-refractivity contribution in [2.45, 2.75) is 25.4 Å². The molecule has 0 saturated heterocycles. The van der Waals surface area contributed by atoms with Crippen LogP contribution in [0, 0.1) is 0 Å². The molecule has 1 unspecified atom stereocenters. The Kier molecular flexibility index (Phi) is 4.55. The highest BCUT2D eigenvalue weighted by molar-refractivity contribution is 5.80. The highest BCUT2D eigenvalue weighted by Crippen LogP contribution is 2.65. The molecule has 3 aromatic carbocycles. The van der Waals surface area contributed by atoms with E-state index in [1.54, 1.807) is 0 Å². The van der Waals surface area contributed by atoms with E-state index in [9.17, 15) is 5.11 Å². The predicted octanol–water partition coefficient (Wildman–Crippen LogP) is 5.98. The molecule has 1 heteroatoms. The van der Waals surface area contributed by atoms with Crippen molar-refractivity contribution in [3.63, 3.8) is 0 Å². The quantitative estimate of drug-likeness (QED) is 0.612. The van der Waals surface area contributed by atoms with Gasteiger partial charge in [0.25, 0.3) is 0 Å². The van der Waals surface area contributed by atoms with Crippen molar-refractivity contribution in [1.29, 1.82) is 0 Å². The molecule has 0 aliphatic heterocycles. The monoisotopic (exact) mass is 352 g/mol. The van der Waals surface area contributed by atoms with Gasteiger partial charge in [0, 0.05) is 0 Å². The van der Waals surface area contributed by atoms with Crippen LogP contribution in [0.4, 0.5) is 0 Å². The summed E-state index contributed by atoms with van der Waals surface area (Å²) in [6, 6.07) is 31.1. The summed E-state index contributed by atoms with van der Waals surface area (Å²) in [4.78, 5) is 0. The number of aliphatic hydroxyl groups is 1. The van der Waals surface area contributed by atoms with Gasteiger partial charge in [-0.25, -0.2) is 0 Å². The van der Waals surface area contributed by atoms with Gasteiger partial charge < -0.3 is 5.11 Å². The van der Waals surface area contributed by atoms with Gasteiger partial charge in [0.2, 0.25) is 0 Å². The molecular formula is C26H24O. The van der Waals surface area contributed by atoms with Gasteiger partial charge in [-0.15, -0.1) is 0 Å². The van der Waals surface area contributed by atoms with E-state index in [-0.39, 0.29) is 5.41 Å². The Bertz CT molecular complexity index is 939. The Labute approximate surface area is 161 Å². The zero-order valence-corrected chi connectivity index (χ0v) is 15.8. The minimum Gasteiger partial charge on any atom is -0.384 e. The average Bonchev–Trinajstić information content (AvgIpc) is 3.39. The van der Waals surface area contributed by atoms with Crippen LogP contribution in [0.3, 0.4) is 0 Å². The summed E-state index contributed by atoms with van der Waals surface area (Å²) >= 11 is 0. The van der Waals surface area contributed by atoms with Crippen LogP contribution in [0.2, 0.25) is 0 Å². The molecule has 1 atom stereocenters. The average molecular weight is 352 g/mol. The summed E-state index contributed by atoms with van der Waals surface area (Å²) in [5, 5.41) is 10.9. The third-order valence-electron chi connectivity index (χ3n) is 5.37. The van der Waals surface area contributed by atoms with Crippen molar-refractivity contribution in [1.82, 2.24) is 0 Å². The third kappa shape index (κ3) is 2.94. The molecule has 1 N–H and O–H groups in total. The number of hydrogen-bond acceptors (Lipinski definition) is 1. The Hall–Kier alpha value is -2.90. The van der Waals surface area contributed by atoms with Crippen LogP contribution in [0.5, 0.6) is 0 Å². The van der Waals surface area contributed by atoms with E-state index >= 15 is 0 Å². The van der Waals surface area contributed by atoms with E-state index in [0.717, 1.165) is 5.56 Å². The van der Waals surface area contributed by atoms with Gasteiger partial charge in [-0.3, -0.25) is 0 Å². The molecule has 1 nitrogen and oxygen atoms in total. The molecule has 1 aliphatic rings. The van der Waals surface area contributed by atoms with E-state index in [1.165, 1.54) is 27.8 Å². The fraction of sp³-hybridized carbons (Fsp3) is 0.154. The Morgan fingerprint density at radius 2 is 1.19 bits per heavy atom. The van der Waals surface area contributed by atoms with Crippen LogP contribution >= 0.6 is 0 Å². The number of rotatable bonds is 4. The molecule has 0 aromatic heterocycles. The Balaban J connectivity index is 1.91. The third-order valence-corrected chi connectivity index (χ3v) is 5.37. The van der Waals surface area contributed by atoms with Crippen LogP contribution in [0.25, 0.3) is 0 Å². The summed E-state index contributed by atoms with van der Waals surface area (Å²) in [5.74, 6) is 0. The normalized spacial score (nSPS) is 17.6. The zero-order chi connectivity index (χ0) is 18.9. The highest BCUT2D eigenvalue weighted by Gasteiger charge is 2.57. The number of aliphatic hydroxyl groups excluding tert-OH is 1. The maximum absolute atomic E-state index is 10.9. The topological polar surface area (TPSA) is 20.2 Å². The van der Waals surface area contributed by atoms with Crippen molar-refractivity contribution in [2.24, 2.45) is 0 Å². The number of allylic oxidation sites excluding steroid dienone is 3. The van der Waals surface area contributed by atoms with Gasteiger partial charge >= 0.3 is 0 Å². The van der Waals surface area contributed by atoms with Gasteiger partial charge in [0.1, 0.15) is 0 Å². The number of hydrogen-bond donors (Lipinski definition) is 1. The zero-order valence-electron chi connectivity index (χ0n) is 15.8. The molecule has 1 saturated carbocycles. The minimum absolute atomic E-state index is 0.267.